The van der Waals surface area contributed by atoms with Crippen molar-refractivity contribution < 1.29 is 4.79 Å². The quantitative estimate of drug-likeness (QED) is 0.816. The molecule has 3 nitrogen and oxygen atoms in total. The van der Waals surface area contributed by atoms with Gasteiger partial charge in [-0.1, -0.05) is 13.0 Å². The number of hydrogen-bond acceptors (Lipinski definition) is 2. The lowest BCUT2D eigenvalue weighted by molar-refractivity contribution is -0.119. The Morgan fingerprint density at radius 3 is 2.56 bits per heavy atom. The molecule has 1 aromatic rings. The summed E-state index contributed by atoms with van der Waals surface area (Å²) in [7, 11) is 1.85. The molecule has 0 aromatic heterocycles. The second-order valence-electron chi connectivity index (χ2n) is 4.25. The monoisotopic (exact) mass is 220 g/mol. The van der Waals surface area contributed by atoms with Gasteiger partial charge in [0, 0.05) is 18.2 Å². The zero-order chi connectivity index (χ0) is 12.1. The Bertz CT molecular complexity index is 374. The van der Waals surface area contributed by atoms with E-state index in [-0.39, 0.29) is 11.8 Å². The van der Waals surface area contributed by atoms with Crippen molar-refractivity contribution in [2.45, 2.75) is 20.8 Å². The molecule has 0 saturated heterocycles. The lowest BCUT2D eigenvalue weighted by Crippen LogP contribution is -2.28. The van der Waals surface area contributed by atoms with Crippen molar-refractivity contribution in [1.29, 1.82) is 0 Å². The van der Waals surface area contributed by atoms with Crippen LogP contribution in [-0.2, 0) is 4.79 Å². The molecule has 1 unspecified atom stereocenters. The molecule has 1 aromatic carbocycles. The molecule has 1 atom stereocenters. The van der Waals surface area contributed by atoms with Gasteiger partial charge in [-0.05, 0) is 44.2 Å². The van der Waals surface area contributed by atoms with Crippen molar-refractivity contribution in [3.8, 4) is 0 Å². The maximum absolute atomic E-state index is 11.7. The summed E-state index contributed by atoms with van der Waals surface area (Å²) in [5, 5.41) is 5.91. The van der Waals surface area contributed by atoms with Crippen LogP contribution in [0.1, 0.15) is 18.1 Å². The third-order valence-electron chi connectivity index (χ3n) is 2.73. The number of hydrogen-bond donors (Lipinski definition) is 2. The Hall–Kier alpha value is -1.35. The summed E-state index contributed by atoms with van der Waals surface area (Å²) in [4.78, 5) is 11.7. The summed E-state index contributed by atoms with van der Waals surface area (Å²) < 4.78 is 0. The molecule has 0 fully saturated rings. The van der Waals surface area contributed by atoms with Gasteiger partial charge >= 0.3 is 0 Å². The molecule has 0 spiro atoms. The van der Waals surface area contributed by atoms with Gasteiger partial charge in [0.2, 0.25) is 5.91 Å². The molecule has 0 aliphatic rings. The molecule has 1 rings (SSSR count). The minimum absolute atomic E-state index is 0.0217. The van der Waals surface area contributed by atoms with Crippen molar-refractivity contribution in [1.82, 2.24) is 5.32 Å². The van der Waals surface area contributed by atoms with E-state index >= 15 is 0 Å². The number of carbonyl (C=O) groups excluding carboxylic acids is 1. The third-order valence-corrected chi connectivity index (χ3v) is 2.73. The molecule has 0 radical (unpaired) electrons. The van der Waals surface area contributed by atoms with Gasteiger partial charge in [0.25, 0.3) is 0 Å². The van der Waals surface area contributed by atoms with Gasteiger partial charge in [0.1, 0.15) is 0 Å². The molecule has 1 amide bonds. The molecule has 3 heteroatoms. The van der Waals surface area contributed by atoms with Crippen LogP contribution in [-0.4, -0.2) is 19.5 Å². The normalized spacial score (nSPS) is 12.2. The Labute approximate surface area is 97.2 Å². The van der Waals surface area contributed by atoms with E-state index in [0.29, 0.717) is 6.54 Å². The lowest BCUT2D eigenvalue weighted by Gasteiger charge is -2.12. The average Bonchev–Trinajstić information content (AvgIpc) is 2.24. The molecular weight excluding hydrogens is 200 g/mol. The van der Waals surface area contributed by atoms with Crippen LogP contribution < -0.4 is 10.6 Å². The second kappa shape index (κ2) is 5.66. The van der Waals surface area contributed by atoms with E-state index in [1.165, 1.54) is 11.1 Å². The smallest absolute Gasteiger partial charge is 0.228 e. The number of amides is 1. The molecule has 16 heavy (non-hydrogen) atoms. The molecule has 0 heterocycles. The zero-order valence-electron chi connectivity index (χ0n) is 10.4. The molecule has 0 aliphatic heterocycles. The fourth-order valence-corrected chi connectivity index (χ4v) is 1.48. The van der Waals surface area contributed by atoms with Crippen LogP contribution in [0, 0.1) is 19.8 Å². The number of aryl methyl sites for hydroxylation is 2. The third kappa shape index (κ3) is 3.35. The SMILES string of the molecule is CNCC(C)C(=O)Nc1ccc(C)c(C)c1. The molecule has 0 bridgehead atoms. The van der Waals surface area contributed by atoms with Crippen molar-refractivity contribution >= 4 is 11.6 Å². The fourth-order valence-electron chi connectivity index (χ4n) is 1.48. The Morgan fingerprint density at radius 1 is 1.31 bits per heavy atom. The van der Waals surface area contributed by atoms with Gasteiger partial charge in [-0.25, -0.2) is 0 Å². The number of nitrogens with one attached hydrogen (secondary N) is 2. The zero-order valence-corrected chi connectivity index (χ0v) is 10.4. The summed E-state index contributed by atoms with van der Waals surface area (Å²) >= 11 is 0. The first-order chi connectivity index (χ1) is 7.54. The summed E-state index contributed by atoms with van der Waals surface area (Å²) in [6, 6.07) is 5.96. The van der Waals surface area contributed by atoms with Gasteiger partial charge in [-0.15, -0.1) is 0 Å². The van der Waals surface area contributed by atoms with E-state index in [0.717, 1.165) is 5.69 Å². The molecular formula is C13H20N2O. The topological polar surface area (TPSA) is 41.1 Å². The first-order valence-corrected chi connectivity index (χ1v) is 5.57. The largest absolute Gasteiger partial charge is 0.326 e. The minimum atomic E-state index is -0.0217. The van der Waals surface area contributed by atoms with Crippen molar-refractivity contribution in [3.63, 3.8) is 0 Å². The number of anilines is 1. The fraction of sp³-hybridized carbons (Fsp3) is 0.462. The first-order valence-electron chi connectivity index (χ1n) is 5.57. The van der Waals surface area contributed by atoms with Crippen molar-refractivity contribution in [2.75, 3.05) is 18.9 Å². The Balaban J connectivity index is 2.66. The van der Waals surface area contributed by atoms with Crippen LogP contribution in [0.4, 0.5) is 5.69 Å². The number of carbonyl (C=O) groups is 1. The minimum Gasteiger partial charge on any atom is -0.326 e. The van der Waals surface area contributed by atoms with E-state index < -0.39 is 0 Å². The number of rotatable bonds is 4. The lowest BCUT2D eigenvalue weighted by atomic mass is 10.1. The summed E-state index contributed by atoms with van der Waals surface area (Å²) in [6.45, 7) is 6.70. The standard InChI is InChI=1S/C13H20N2O/c1-9-5-6-12(7-10(9)2)15-13(16)11(3)8-14-4/h5-7,11,14H,8H2,1-4H3,(H,15,16). The maximum atomic E-state index is 11.7. The van der Waals surface area contributed by atoms with Crippen LogP contribution in [0.25, 0.3) is 0 Å². The molecule has 2 N–H and O–H groups in total. The van der Waals surface area contributed by atoms with Crippen molar-refractivity contribution in [3.05, 3.63) is 29.3 Å². The van der Waals surface area contributed by atoms with Crippen LogP contribution in [0.2, 0.25) is 0 Å². The van der Waals surface area contributed by atoms with E-state index in [1.54, 1.807) is 0 Å². The highest BCUT2D eigenvalue weighted by molar-refractivity contribution is 5.92. The van der Waals surface area contributed by atoms with Gasteiger partial charge in [0.15, 0.2) is 0 Å². The van der Waals surface area contributed by atoms with E-state index in [4.69, 9.17) is 0 Å². The highest BCUT2D eigenvalue weighted by atomic mass is 16.1. The highest BCUT2D eigenvalue weighted by Gasteiger charge is 2.11. The number of benzene rings is 1. The van der Waals surface area contributed by atoms with Crippen LogP contribution in [0.3, 0.4) is 0 Å². The van der Waals surface area contributed by atoms with Crippen molar-refractivity contribution in [2.24, 2.45) is 5.92 Å². The van der Waals surface area contributed by atoms with Gasteiger partial charge < -0.3 is 10.6 Å². The predicted molar refractivity (Wildman–Crippen MR) is 67.6 cm³/mol. The van der Waals surface area contributed by atoms with Gasteiger partial charge in [0.05, 0.1) is 0 Å². The van der Waals surface area contributed by atoms with E-state index in [1.807, 2.05) is 39.1 Å². The Kier molecular flexibility index (Phi) is 4.50. The second-order valence-corrected chi connectivity index (χ2v) is 4.25. The average molecular weight is 220 g/mol. The molecule has 0 saturated carbocycles. The van der Waals surface area contributed by atoms with Crippen LogP contribution in [0.15, 0.2) is 18.2 Å². The summed E-state index contributed by atoms with van der Waals surface area (Å²) in [6.07, 6.45) is 0. The first kappa shape index (κ1) is 12.7. The predicted octanol–water partition coefficient (Wildman–Crippen LogP) is 2.10. The van der Waals surface area contributed by atoms with Gasteiger partial charge in [-0.2, -0.15) is 0 Å². The maximum Gasteiger partial charge on any atom is 0.228 e. The van der Waals surface area contributed by atoms with Crippen LogP contribution in [0.5, 0.6) is 0 Å². The van der Waals surface area contributed by atoms with E-state index in [2.05, 4.69) is 17.6 Å². The molecule has 88 valence electrons. The Morgan fingerprint density at radius 2 is 2.00 bits per heavy atom. The van der Waals surface area contributed by atoms with Gasteiger partial charge in [-0.3, -0.25) is 4.79 Å². The molecule has 0 aliphatic carbocycles. The summed E-state index contributed by atoms with van der Waals surface area (Å²) in [5.41, 5.74) is 3.30. The van der Waals surface area contributed by atoms with Crippen LogP contribution >= 0.6 is 0 Å². The highest BCUT2D eigenvalue weighted by Crippen LogP contribution is 2.14. The van der Waals surface area contributed by atoms with E-state index in [9.17, 15) is 4.79 Å². The summed E-state index contributed by atoms with van der Waals surface area (Å²) in [5.74, 6) is 0.0317.